The van der Waals surface area contributed by atoms with Gasteiger partial charge in [-0.15, -0.1) is 24.0 Å². The second kappa shape index (κ2) is 10.7. The van der Waals surface area contributed by atoms with Crippen molar-refractivity contribution < 1.29 is 5.11 Å². The zero-order valence-electron chi connectivity index (χ0n) is 14.2. The first-order chi connectivity index (χ1) is 10.7. The lowest BCUT2D eigenvalue weighted by atomic mass is 9.87. The molecule has 5 heteroatoms. The van der Waals surface area contributed by atoms with Crippen LogP contribution >= 0.6 is 24.0 Å². The van der Waals surface area contributed by atoms with Crippen molar-refractivity contribution in [2.75, 3.05) is 13.6 Å². The summed E-state index contributed by atoms with van der Waals surface area (Å²) in [6.07, 6.45) is 7.22. The molecule has 1 saturated carbocycles. The summed E-state index contributed by atoms with van der Waals surface area (Å²) in [5, 5.41) is 16.2. The second-order valence-electron chi connectivity index (χ2n) is 6.38. The van der Waals surface area contributed by atoms with Crippen molar-refractivity contribution in [3.8, 4) is 5.75 Å². The Bertz CT molecular complexity index is 476. The van der Waals surface area contributed by atoms with Crippen LogP contribution in [-0.2, 0) is 6.42 Å². The van der Waals surface area contributed by atoms with E-state index >= 15 is 0 Å². The largest absolute Gasteiger partial charge is 0.508 e. The van der Waals surface area contributed by atoms with E-state index in [1.807, 2.05) is 19.2 Å². The minimum Gasteiger partial charge on any atom is -0.508 e. The highest BCUT2D eigenvalue weighted by molar-refractivity contribution is 14.0. The van der Waals surface area contributed by atoms with Crippen LogP contribution in [0.1, 0.15) is 44.6 Å². The zero-order chi connectivity index (χ0) is 15.8. The number of aromatic hydroxyl groups is 1. The van der Waals surface area contributed by atoms with Gasteiger partial charge in [0.2, 0.25) is 0 Å². The van der Waals surface area contributed by atoms with E-state index in [1.165, 1.54) is 31.2 Å². The number of hydrogen-bond donors (Lipinski definition) is 3. The molecule has 1 fully saturated rings. The van der Waals surface area contributed by atoms with Gasteiger partial charge >= 0.3 is 0 Å². The molecule has 2 atom stereocenters. The molecule has 130 valence electrons. The van der Waals surface area contributed by atoms with Crippen molar-refractivity contribution in [1.82, 2.24) is 10.6 Å². The van der Waals surface area contributed by atoms with Gasteiger partial charge in [0.05, 0.1) is 0 Å². The minimum atomic E-state index is 0. The molecule has 1 aromatic carbocycles. The van der Waals surface area contributed by atoms with Crippen LogP contribution < -0.4 is 10.6 Å². The number of nitrogens with zero attached hydrogens (tertiary/aromatic N) is 1. The molecule has 2 unspecified atom stereocenters. The Balaban J connectivity index is 0.00000264. The smallest absolute Gasteiger partial charge is 0.191 e. The second-order valence-corrected chi connectivity index (χ2v) is 6.38. The molecule has 1 aliphatic rings. The SMILES string of the molecule is CN=C(NCCCc1ccc(O)cc1)NC1CCCC(C)C1.I. The number of hydrogen-bond acceptors (Lipinski definition) is 2. The van der Waals surface area contributed by atoms with Gasteiger partial charge in [0.1, 0.15) is 5.75 Å². The third-order valence-corrected chi connectivity index (χ3v) is 4.37. The van der Waals surface area contributed by atoms with E-state index in [2.05, 4.69) is 22.5 Å². The molecule has 2 rings (SSSR count). The van der Waals surface area contributed by atoms with Crippen LogP contribution in [0.3, 0.4) is 0 Å². The minimum absolute atomic E-state index is 0. The number of phenols is 1. The molecule has 0 aliphatic heterocycles. The molecule has 0 aromatic heterocycles. The van der Waals surface area contributed by atoms with E-state index < -0.39 is 0 Å². The molecule has 4 nitrogen and oxygen atoms in total. The van der Waals surface area contributed by atoms with Gasteiger partial charge in [0, 0.05) is 19.6 Å². The number of aliphatic imine (C=N–C) groups is 1. The number of nitrogens with one attached hydrogen (secondary N) is 2. The number of aryl methyl sites for hydroxylation is 1. The van der Waals surface area contributed by atoms with Crippen LogP contribution in [0.25, 0.3) is 0 Å². The van der Waals surface area contributed by atoms with Crippen LogP contribution in [0.2, 0.25) is 0 Å². The van der Waals surface area contributed by atoms with E-state index in [0.717, 1.165) is 31.3 Å². The third-order valence-electron chi connectivity index (χ3n) is 4.37. The summed E-state index contributed by atoms with van der Waals surface area (Å²) in [6, 6.07) is 8.01. The maximum atomic E-state index is 9.27. The molecule has 1 aromatic rings. The van der Waals surface area contributed by atoms with Gasteiger partial charge in [-0.3, -0.25) is 4.99 Å². The number of rotatable bonds is 5. The highest BCUT2D eigenvalue weighted by atomic mass is 127. The highest BCUT2D eigenvalue weighted by Gasteiger charge is 2.19. The summed E-state index contributed by atoms with van der Waals surface area (Å²) in [5.74, 6) is 2.07. The highest BCUT2D eigenvalue weighted by Crippen LogP contribution is 2.23. The summed E-state index contributed by atoms with van der Waals surface area (Å²) >= 11 is 0. The first-order valence-corrected chi connectivity index (χ1v) is 8.42. The van der Waals surface area contributed by atoms with E-state index in [-0.39, 0.29) is 24.0 Å². The van der Waals surface area contributed by atoms with Crippen LogP contribution in [0.15, 0.2) is 29.3 Å². The molecule has 0 saturated heterocycles. The maximum absolute atomic E-state index is 9.27. The van der Waals surface area contributed by atoms with Crippen molar-refractivity contribution in [3.05, 3.63) is 29.8 Å². The summed E-state index contributed by atoms with van der Waals surface area (Å²) in [6.45, 7) is 3.24. The normalized spacial score (nSPS) is 21.4. The summed E-state index contributed by atoms with van der Waals surface area (Å²) < 4.78 is 0. The zero-order valence-corrected chi connectivity index (χ0v) is 16.5. The molecule has 0 amide bonds. The van der Waals surface area contributed by atoms with E-state index in [1.54, 1.807) is 12.1 Å². The average molecular weight is 431 g/mol. The molecule has 0 spiro atoms. The predicted octanol–water partition coefficient (Wildman–Crippen LogP) is 3.69. The molecule has 0 bridgehead atoms. The molecule has 0 radical (unpaired) electrons. The van der Waals surface area contributed by atoms with Gasteiger partial charge in [0.15, 0.2) is 5.96 Å². The standard InChI is InChI=1S/C18H29N3O.HI/c1-14-5-3-7-16(13-14)21-18(19-2)20-12-4-6-15-8-10-17(22)11-9-15;/h8-11,14,16,22H,3-7,12-13H2,1-2H3,(H2,19,20,21);1H. The number of guanidine groups is 1. The lowest BCUT2D eigenvalue weighted by molar-refractivity contribution is 0.324. The topological polar surface area (TPSA) is 56.7 Å². The van der Waals surface area contributed by atoms with Crippen LogP contribution in [0, 0.1) is 5.92 Å². The molecular weight excluding hydrogens is 401 g/mol. The first kappa shape index (κ1) is 20.1. The fraction of sp³-hybridized carbons (Fsp3) is 0.611. The van der Waals surface area contributed by atoms with E-state index in [9.17, 15) is 5.11 Å². The molecule has 3 N–H and O–H groups in total. The Morgan fingerprint density at radius 1 is 1.26 bits per heavy atom. The maximum Gasteiger partial charge on any atom is 0.191 e. The van der Waals surface area contributed by atoms with Gasteiger partial charge in [-0.2, -0.15) is 0 Å². The third kappa shape index (κ3) is 7.42. The Hall–Kier alpha value is -0.980. The fourth-order valence-corrected chi connectivity index (χ4v) is 3.12. The summed E-state index contributed by atoms with van der Waals surface area (Å²) in [5.41, 5.74) is 1.25. The van der Waals surface area contributed by atoms with E-state index in [0.29, 0.717) is 11.8 Å². The van der Waals surface area contributed by atoms with Crippen LogP contribution in [0.5, 0.6) is 5.75 Å². The van der Waals surface area contributed by atoms with Crippen molar-refractivity contribution in [2.24, 2.45) is 10.9 Å². The summed E-state index contributed by atoms with van der Waals surface area (Å²) in [7, 11) is 1.83. The lowest BCUT2D eigenvalue weighted by Crippen LogP contribution is -2.45. The van der Waals surface area contributed by atoms with Gasteiger partial charge in [0.25, 0.3) is 0 Å². The van der Waals surface area contributed by atoms with Gasteiger partial charge in [-0.25, -0.2) is 0 Å². The molecule has 0 heterocycles. The first-order valence-electron chi connectivity index (χ1n) is 8.42. The number of halogens is 1. The van der Waals surface area contributed by atoms with Crippen molar-refractivity contribution in [2.45, 2.75) is 51.5 Å². The van der Waals surface area contributed by atoms with Crippen molar-refractivity contribution in [3.63, 3.8) is 0 Å². The van der Waals surface area contributed by atoms with E-state index in [4.69, 9.17) is 0 Å². The number of benzene rings is 1. The fourth-order valence-electron chi connectivity index (χ4n) is 3.12. The number of phenolic OH excluding ortho intramolecular Hbond substituents is 1. The van der Waals surface area contributed by atoms with Crippen LogP contribution in [-0.4, -0.2) is 30.7 Å². The average Bonchev–Trinajstić information content (AvgIpc) is 2.52. The Labute approximate surface area is 157 Å². The van der Waals surface area contributed by atoms with Crippen LogP contribution in [0.4, 0.5) is 0 Å². The monoisotopic (exact) mass is 431 g/mol. The molecule has 1 aliphatic carbocycles. The van der Waals surface area contributed by atoms with Gasteiger partial charge in [-0.05, 0) is 49.3 Å². The predicted molar refractivity (Wildman–Crippen MR) is 108 cm³/mol. The quantitative estimate of drug-likeness (QED) is 0.289. The summed E-state index contributed by atoms with van der Waals surface area (Å²) in [4.78, 5) is 4.32. The van der Waals surface area contributed by atoms with Crippen molar-refractivity contribution >= 4 is 29.9 Å². The van der Waals surface area contributed by atoms with Gasteiger partial charge < -0.3 is 15.7 Å². The van der Waals surface area contributed by atoms with Gasteiger partial charge in [-0.1, -0.05) is 31.9 Å². The lowest BCUT2D eigenvalue weighted by Gasteiger charge is -2.28. The Morgan fingerprint density at radius 2 is 2.00 bits per heavy atom. The Morgan fingerprint density at radius 3 is 2.65 bits per heavy atom. The van der Waals surface area contributed by atoms with Crippen molar-refractivity contribution in [1.29, 1.82) is 0 Å². The molecular formula is C18H30IN3O. The Kier molecular flexibility index (Phi) is 9.36. The molecule has 23 heavy (non-hydrogen) atoms.